The molecule has 2 aliphatic carbocycles. The minimum atomic E-state index is -0.374. The van der Waals surface area contributed by atoms with E-state index in [9.17, 15) is 9.18 Å². The van der Waals surface area contributed by atoms with Crippen LogP contribution in [0.1, 0.15) is 31.2 Å². The summed E-state index contributed by atoms with van der Waals surface area (Å²) in [6.45, 7) is 0. The van der Waals surface area contributed by atoms with E-state index in [1.807, 2.05) is 0 Å². The van der Waals surface area contributed by atoms with E-state index >= 15 is 0 Å². The number of hydrogen-bond acceptors (Lipinski definition) is 1. The van der Waals surface area contributed by atoms with E-state index in [-0.39, 0.29) is 16.8 Å². The number of benzene rings is 1. The fourth-order valence-electron chi connectivity index (χ4n) is 3.18. The van der Waals surface area contributed by atoms with Crippen molar-refractivity contribution in [2.24, 2.45) is 17.8 Å². The van der Waals surface area contributed by atoms with Gasteiger partial charge in [0.15, 0.2) is 0 Å². The first-order chi connectivity index (χ1) is 8.65. The van der Waals surface area contributed by atoms with Gasteiger partial charge in [0.1, 0.15) is 11.6 Å². The molecule has 1 nitrogen and oxygen atoms in total. The van der Waals surface area contributed by atoms with Crippen LogP contribution in [0.3, 0.4) is 0 Å². The Kier molecular flexibility index (Phi) is 3.14. The number of halogens is 2. The first-order valence-corrected chi connectivity index (χ1v) is 6.98. The molecule has 0 aliphatic heterocycles. The van der Waals surface area contributed by atoms with Crippen molar-refractivity contribution in [1.82, 2.24) is 0 Å². The second kappa shape index (κ2) is 4.65. The second-order valence-corrected chi connectivity index (χ2v) is 6.01. The summed E-state index contributed by atoms with van der Waals surface area (Å²) in [4.78, 5) is 12.0. The molecule has 2 saturated carbocycles. The monoisotopic (exact) mass is 266 g/mol. The van der Waals surface area contributed by atoms with Crippen molar-refractivity contribution in [3.8, 4) is 0 Å². The van der Waals surface area contributed by atoms with Gasteiger partial charge in [0.25, 0.3) is 0 Å². The third kappa shape index (κ3) is 2.31. The minimum absolute atomic E-state index is 0.141. The van der Waals surface area contributed by atoms with Crippen LogP contribution in [-0.2, 0) is 11.2 Å². The first kappa shape index (κ1) is 12.2. The third-order valence-corrected chi connectivity index (χ3v) is 4.66. The summed E-state index contributed by atoms with van der Waals surface area (Å²) in [6.07, 6.45) is 4.38. The zero-order chi connectivity index (χ0) is 12.7. The van der Waals surface area contributed by atoms with E-state index in [0.717, 1.165) is 24.7 Å². The van der Waals surface area contributed by atoms with Gasteiger partial charge in [-0.2, -0.15) is 0 Å². The number of carbonyl (C=O) groups is 1. The zero-order valence-electron chi connectivity index (χ0n) is 10.2. The summed E-state index contributed by atoms with van der Waals surface area (Å²) in [5, 5.41) is 0.141. The van der Waals surface area contributed by atoms with Crippen molar-refractivity contribution < 1.29 is 9.18 Å². The van der Waals surface area contributed by atoms with Crippen LogP contribution in [0.25, 0.3) is 0 Å². The predicted molar refractivity (Wildman–Crippen MR) is 69.1 cm³/mol. The molecule has 0 unspecified atom stereocenters. The number of hydrogen-bond donors (Lipinski definition) is 0. The summed E-state index contributed by atoms with van der Waals surface area (Å²) >= 11 is 5.72. The van der Waals surface area contributed by atoms with Crippen molar-refractivity contribution >= 4 is 17.4 Å². The van der Waals surface area contributed by atoms with Gasteiger partial charge in [0.05, 0.1) is 5.02 Å². The SMILES string of the molecule is O=C(CCc1cccc(Cl)c1F)[C@@H]1C[C@@H]2C[C@@H]2C1. The molecule has 2 aliphatic rings. The van der Waals surface area contributed by atoms with E-state index in [0.29, 0.717) is 24.2 Å². The van der Waals surface area contributed by atoms with Gasteiger partial charge in [-0.1, -0.05) is 23.7 Å². The van der Waals surface area contributed by atoms with Crippen molar-refractivity contribution in [2.45, 2.75) is 32.1 Å². The normalized spacial score (nSPS) is 29.1. The Balaban J connectivity index is 1.57. The maximum absolute atomic E-state index is 13.7. The molecule has 1 aromatic carbocycles. The largest absolute Gasteiger partial charge is 0.299 e. The van der Waals surface area contributed by atoms with Crippen LogP contribution < -0.4 is 0 Å². The molecule has 3 rings (SSSR count). The molecule has 18 heavy (non-hydrogen) atoms. The van der Waals surface area contributed by atoms with E-state index < -0.39 is 0 Å². The maximum Gasteiger partial charge on any atom is 0.144 e. The highest BCUT2D eigenvalue weighted by Crippen LogP contribution is 2.54. The number of rotatable bonds is 4. The van der Waals surface area contributed by atoms with Crippen LogP contribution in [-0.4, -0.2) is 5.78 Å². The van der Waals surface area contributed by atoms with Crippen LogP contribution >= 0.6 is 11.6 Å². The van der Waals surface area contributed by atoms with Gasteiger partial charge in [0, 0.05) is 12.3 Å². The Morgan fingerprint density at radius 1 is 1.28 bits per heavy atom. The highest BCUT2D eigenvalue weighted by Gasteiger charge is 2.47. The number of aryl methyl sites for hydroxylation is 1. The van der Waals surface area contributed by atoms with Crippen LogP contribution in [0.5, 0.6) is 0 Å². The molecule has 0 heterocycles. The Bertz CT molecular complexity index is 475. The first-order valence-electron chi connectivity index (χ1n) is 6.60. The molecular formula is C15H16ClFO. The summed E-state index contributed by atoms with van der Waals surface area (Å²) < 4.78 is 13.7. The minimum Gasteiger partial charge on any atom is -0.299 e. The lowest BCUT2D eigenvalue weighted by atomic mass is 9.94. The lowest BCUT2D eigenvalue weighted by Crippen LogP contribution is -2.13. The lowest BCUT2D eigenvalue weighted by Gasteiger charge is -2.10. The van der Waals surface area contributed by atoms with Crippen molar-refractivity contribution in [1.29, 1.82) is 0 Å². The molecule has 3 heteroatoms. The molecule has 0 N–H and O–H groups in total. The number of Topliss-reactive ketones (excluding diaryl/α,β-unsaturated/α-hetero) is 1. The van der Waals surface area contributed by atoms with Gasteiger partial charge in [-0.25, -0.2) is 4.39 Å². The summed E-state index contributed by atoms with van der Waals surface area (Å²) in [7, 11) is 0. The Morgan fingerprint density at radius 3 is 2.72 bits per heavy atom. The highest BCUT2D eigenvalue weighted by atomic mass is 35.5. The predicted octanol–water partition coefficient (Wildman–Crippen LogP) is 4.03. The maximum atomic E-state index is 13.7. The van der Waals surface area contributed by atoms with Gasteiger partial charge in [-0.05, 0) is 49.1 Å². The lowest BCUT2D eigenvalue weighted by molar-refractivity contribution is -0.122. The molecule has 1 aromatic rings. The van der Waals surface area contributed by atoms with Crippen molar-refractivity contribution in [3.05, 3.63) is 34.6 Å². The van der Waals surface area contributed by atoms with Gasteiger partial charge in [-0.15, -0.1) is 0 Å². The second-order valence-electron chi connectivity index (χ2n) is 5.60. The molecule has 0 bridgehead atoms. The molecular weight excluding hydrogens is 251 g/mol. The third-order valence-electron chi connectivity index (χ3n) is 4.37. The zero-order valence-corrected chi connectivity index (χ0v) is 10.9. The smallest absolute Gasteiger partial charge is 0.144 e. The summed E-state index contributed by atoms with van der Waals surface area (Å²) in [6, 6.07) is 4.98. The average Bonchev–Trinajstić information content (AvgIpc) is 2.97. The Hall–Kier alpha value is -0.890. The highest BCUT2D eigenvalue weighted by molar-refractivity contribution is 6.30. The molecule has 2 fully saturated rings. The fraction of sp³-hybridized carbons (Fsp3) is 0.533. The van der Waals surface area contributed by atoms with Gasteiger partial charge in [0.2, 0.25) is 0 Å². The molecule has 0 aromatic heterocycles. The molecule has 0 saturated heterocycles. The fourth-order valence-corrected chi connectivity index (χ4v) is 3.38. The van der Waals surface area contributed by atoms with Crippen molar-refractivity contribution in [2.75, 3.05) is 0 Å². The van der Waals surface area contributed by atoms with Crippen LogP contribution in [0.15, 0.2) is 18.2 Å². The number of fused-ring (bicyclic) bond motifs is 1. The van der Waals surface area contributed by atoms with E-state index in [4.69, 9.17) is 11.6 Å². The van der Waals surface area contributed by atoms with Gasteiger partial charge < -0.3 is 0 Å². The molecule has 0 radical (unpaired) electrons. The number of ketones is 1. The summed E-state index contributed by atoms with van der Waals surface area (Å²) in [5.41, 5.74) is 0.555. The Morgan fingerprint density at radius 2 is 2.00 bits per heavy atom. The van der Waals surface area contributed by atoms with E-state index in [1.54, 1.807) is 12.1 Å². The van der Waals surface area contributed by atoms with Crippen LogP contribution in [0.2, 0.25) is 5.02 Å². The summed E-state index contributed by atoms with van der Waals surface area (Å²) in [5.74, 6) is 1.82. The van der Waals surface area contributed by atoms with Gasteiger partial charge >= 0.3 is 0 Å². The topological polar surface area (TPSA) is 17.1 Å². The molecule has 3 atom stereocenters. The van der Waals surface area contributed by atoms with Gasteiger partial charge in [-0.3, -0.25) is 4.79 Å². The molecule has 0 amide bonds. The van der Waals surface area contributed by atoms with E-state index in [2.05, 4.69) is 0 Å². The van der Waals surface area contributed by atoms with Crippen LogP contribution in [0.4, 0.5) is 4.39 Å². The average molecular weight is 267 g/mol. The molecule has 0 spiro atoms. The quantitative estimate of drug-likeness (QED) is 0.804. The Labute approximate surface area is 111 Å². The standard InChI is InChI=1S/C15H16ClFO/c16-13-3-1-2-9(15(13)17)4-5-14(18)12-7-10-6-11(10)8-12/h1-3,10-12H,4-8H2/t10-,11+,12+. The number of carbonyl (C=O) groups excluding carboxylic acids is 1. The van der Waals surface area contributed by atoms with E-state index in [1.165, 1.54) is 12.5 Å². The molecule has 96 valence electrons. The van der Waals surface area contributed by atoms with Crippen LogP contribution in [0, 0.1) is 23.6 Å². The van der Waals surface area contributed by atoms with Crippen molar-refractivity contribution in [3.63, 3.8) is 0 Å².